The van der Waals surface area contributed by atoms with Crippen molar-refractivity contribution in [2.75, 3.05) is 27.4 Å². The molecule has 0 radical (unpaired) electrons. The molecule has 0 saturated heterocycles. The number of hydrogen-bond donors (Lipinski definition) is 3. The Kier molecular flexibility index (Phi) is 8.18. The van der Waals surface area contributed by atoms with Gasteiger partial charge in [-0.05, 0) is 13.8 Å². The second kappa shape index (κ2) is 9.05. The number of urea groups is 1. The fourth-order valence-electron chi connectivity index (χ4n) is 1.17. The van der Waals surface area contributed by atoms with Gasteiger partial charge in [0.15, 0.2) is 0 Å². The molecular formula is C12H20N2O6. The van der Waals surface area contributed by atoms with E-state index in [2.05, 4.69) is 5.32 Å². The number of rotatable bonds is 7. The lowest BCUT2D eigenvalue weighted by Crippen LogP contribution is -2.44. The summed E-state index contributed by atoms with van der Waals surface area (Å²) in [5.74, 6) is -1.97. The number of carbonyl (C=O) groups excluding carboxylic acids is 2. The number of ether oxygens (including phenoxy) is 2. The van der Waals surface area contributed by atoms with E-state index in [1.807, 2.05) is 5.32 Å². The first-order valence-electron chi connectivity index (χ1n) is 5.85. The van der Waals surface area contributed by atoms with Crippen LogP contribution in [0.4, 0.5) is 4.79 Å². The van der Waals surface area contributed by atoms with Crippen molar-refractivity contribution in [3.63, 3.8) is 0 Å². The molecule has 1 atom stereocenters. The van der Waals surface area contributed by atoms with Gasteiger partial charge in [-0.25, -0.2) is 9.59 Å². The molecule has 20 heavy (non-hydrogen) atoms. The van der Waals surface area contributed by atoms with Crippen molar-refractivity contribution in [3.05, 3.63) is 11.1 Å². The predicted molar refractivity (Wildman–Crippen MR) is 70.2 cm³/mol. The fraction of sp³-hybridized carbons (Fsp3) is 0.583. The number of imide groups is 1. The number of methoxy groups -OCH3 is 2. The maximum absolute atomic E-state index is 11.6. The minimum atomic E-state index is -1.21. The van der Waals surface area contributed by atoms with Crippen LogP contribution in [0.15, 0.2) is 11.1 Å². The first-order chi connectivity index (χ1) is 9.33. The van der Waals surface area contributed by atoms with Crippen LogP contribution < -0.4 is 10.6 Å². The molecule has 0 spiro atoms. The molecule has 0 aliphatic heterocycles. The van der Waals surface area contributed by atoms with Gasteiger partial charge < -0.3 is 19.9 Å². The van der Waals surface area contributed by atoms with E-state index < -0.39 is 17.9 Å². The van der Waals surface area contributed by atoms with Crippen molar-refractivity contribution in [2.45, 2.75) is 20.0 Å². The van der Waals surface area contributed by atoms with Crippen LogP contribution in [-0.2, 0) is 19.1 Å². The molecule has 0 heterocycles. The van der Waals surface area contributed by atoms with Crippen LogP contribution in [0.1, 0.15) is 13.8 Å². The van der Waals surface area contributed by atoms with Crippen LogP contribution in [0.2, 0.25) is 0 Å². The minimum Gasteiger partial charge on any atom is -0.478 e. The van der Waals surface area contributed by atoms with E-state index in [9.17, 15) is 14.4 Å². The van der Waals surface area contributed by atoms with Crippen molar-refractivity contribution in [1.29, 1.82) is 0 Å². The number of aliphatic carboxylic acids is 1. The summed E-state index contributed by atoms with van der Waals surface area (Å²) in [7, 11) is 2.97. The Morgan fingerprint density at radius 3 is 2.20 bits per heavy atom. The highest BCUT2D eigenvalue weighted by Crippen LogP contribution is 2.03. The van der Waals surface area contributed by atoms with Gasteiger partial charge in [0.2, 0.25) is 0 Å². The van der Waals surface area contributed by atoms with E-state index in [0.717, 1.165) is 0 Å². The molecule has 0 saturated carbocycles. The van der Waals surface area contributed by atoms with Crippen LogP contribution in [0.5, 0.6) is 0 Å². The number of nitrogens with one attached hydrogen (secondary N) is 2. The van der Waals surface area contributed by atoms with Crippen LogP contribution in [-0.4, -0.2) is 56.5 Å². The summed E-state index contributed by atoms with van der Waals surface area (Å²) in [6.45, 7) is 3.07. The lowest BCUT2D eigenvalue weighted by atomic mass is 10.1. The quantitative estimate of drug-likeness (QED) is 0.563. The highest BCUT2D eigenvalue weighted by atomic mass is 16.5. The topological polar surface area (TPSA) is 114 Å². The highest BCUT2D eigenvalue weighted by molar-refractivity contribution is 6.07. The highest BCUT2D eigenvalue weighted by Gasteiger charge is 2.16. The molecule has 0 aliphatic rings. The normalized spacial score (nSPS) is 13.2. The number of amides is 3. The second-order valence-corrected chi connectivity index (χ2v) is 4.03. The second-order valence-electron chi connectivity index (χ2n) is 4.03. The molecule has 0 rings (SSSR count). The fourth-order valence-corrected chi connectivity index (χ4v) is 1.17. The number of carbonyl (C=O) groups is 3. The van der Waals surface area contributed by atoms with Crippen LogP contribution in [0.3, 0.4) is 0 Å². The Labute approximate surface area is 117 Å². The van der Waals surface area contributed by atoms with Crippen molar-refractivity contribution < 1.29 is 29.0 Å². The Hall–Kier alpha value is -1.93. The molecule has 3 N–H and O–H groups in total. The first kappa shape index (κ1) is 18.1. The van der Waals surface area contributed by atoms with Crippen molar-refractivity contribution in [3.8, 4) is 0 Å². The summed E-state index contributed by atoms with van der Waals surface area (Å²) in [5, 5.41) is 13.2. The number of hydrogen-bond acceptors (Lipinski definition) is 5. The summed E-state index contributed by atoms with van der Waals surface area (Å²) < 4.78 is 9.89. The molecule has 0 bridgehead atoms. The van der Waals surface area contributed by atoms with Gasteiger partial charge in [-0.1, -0.05) is 0 Å². The summed E-state index contributed by atoms with van der Waals surface area (Å²) in [5.41, 5.74) is -0.155. The Morgan fingerprint density at radius 1 is 1.15 bits per heavy atom. The zero-order valence-corrected chi connectivity index (χ0v) is 12.0. The van der Waals surface area contributed by atoms with Gasteiger partial charge in [0, 0.05) is 31.9 Å². The monoisotopic (exact) mass is 288 g/mol. The molecule has 0 aromatic heterocycles. The van der Waals surface area contributed by atoms with E-state index in [1.165, 1.54) is 28.1 Å². The third-order valence-electron chi connectivity index (χ3n) is 2.63. The van der Waals surface area contributed by atoms with Crippen LogP contribution >= 0.6 is 0 Å². The van der Waals surface area contributed by atoms with Crippen molar-refractivity contribution in [1.82, 2.24) is 10.6 Å². The molecule has 0 aromatic rings. The smallest absolute Gasteiger partial charge is 0.331 e. The van der Waals surface area contributed by atoms with E-state index >= 15 is 0 Å². The predicted octanol–water partition coefficient (Wildman–Crippen LogP) is -0.105. The van der Waals surface area contributed by atoms with Crippen LogP contribution in [0.25, 0.3) is 0 Å². The first-order valence-corrected chi connectivity index (χ1v) is 5.85. The van der Waals surface area contributed by atoms with Gasteiger partial charge in [-0.2, -0.15) is 0 Å². The maximum Gasteiger partial charge on any atom is 0.331 e. The molecule has 8 nitrogen and oxygen atoms in total. The molecule has 0 fully saturated rings. The Bertz CT molecular complexity index is 405. The largest absolute Gasteiger partial charge is 0.478 e. The molecule has 1 unspecified atom stereocenters. The molecule has 8 heteroatoms. The summed E-state index contributed by atoms with van der Waals surface area (Å²) in [6, 6.07) is -0.731. The van der Waals surface area contributed by atoms with Crippen LogP contribution in [0, 0.1) is 0 Å². The van der Waals surface area contributed by atoms with Gasteiger partial charge in [-0.3, -0.25) is 10.1 Å². The lowest BCUT2D eigenvalue weighted by molar-refractivity contribution is -0.133. The van der Waals surface area contributed by atoms with E-state index in [0.29, 0.717) is 6.61 Å². The number of carboxylic acids is 1. The molecule has 0 aliphatic carbocycles. The molecule has 114 valence electrons. The van der Waals surface area contributed by atoms with Crippen molar-refractivity contribution >= 4 is 17.9 Å². The standard InChI is InChI=1S/C12H20N2O6/c1-7(8(2)11(16)17)10(15)14-12(18)13-5-9(20-4)6-19-3/h9H,5-6H2,1-4H3,(H,16,17)(H2,13,14,15,18). The zero-order chi connectivity index (χ0) is 15.7. The summed E-state index contributed by atoms with van der Waals surface area (Å²) >= 11 is 0. The SMILES string of the molecule is COCC(CNC(=O)NC(=O)C(C)=C(C)C(=O)O)OC. The zero-order valence-electron chi connectivity index (χ0n) is 12.0. The summed E-state index contributed by atoms with van der Waals surface area (Å²) in [4.78, 5) is 33.7. The molecule has 0 aromatic carbocycles. The number of carboxylic acid groups (broad SMARTS) is 1. The molecular weight excluding hydrogens is 268 g/mol. The van der Waals surface area contributed by atoms with Gasteiger partial charge in [0.05, 0.1) is 12.7 Å². The lowest BCUT2D eigenvalue weighted by Gasteiger charge is -2.15. The van der Waals surface area contributed by atoms with E-state index in [4.69, 9.17) is 14.6 Å². The average molecular weight is 288 g/mol. The van der Waals surface area contributed by atoms with Gasteiger partial charge >= 0.3 is 12.0 Å². The summed E-state index contributed by atoms with van der Waals surface area (Å²) in [6.07, 6.45) is -0.335. The average Bonchev–Trinajstić information content (AvgIpc) is 2.41. The van der Waals surface area contributed by atoms with E-state index in [-0.39, 0.29) is 23.8 Å². The van der Waals surface area contributed by atoms with Gasteiger partial charge in [0.25, 0.3) is 5.91 Å². The Morgan fingerprint density at radius 2 is 1.75 bits per heavy atom. The van der Waals surface area contributed by atoms with E-state index in [1.54, 1.807) is 0 Å². The minimum absolute atomic E-state index is 0.0344. The molecule has 3 amide bonds. The van der Waals surface area contributed by atoms with Gasteiger partial charge in [-0.15, -0.1) is 0 Å². The third kappa shape index (κ3) is 6.30. The third-order valence-corrected chi connectivity index (χ3v) is 2.63. The van der Waals surface area contributed by atoms with Crippen molar-refractivity contribution in [2.24, 2.45) is 0 Å². The Balaban J connectivity index is 4.38. The maximum atomic E-state index is 11.6. The van der Waals surface area contributed by atoms with Gasteiger partial charge in [0.1, 0.15) is 0 Å².